The molecule has 0 aliphatic heterocycles. The number of hydrazine groups is 1. The van der Waals surface area contributed by atoms with E-state index in [1.54, 1.807) is 0 Å². The Morgan fingerprint density at radius 2 is 1.54 bits per heavy atom. The minimum atomic E-state index is -0.859. The largest absolute Gasteiger partial charge is 0.445 e. The van der Waals surface area contributed by atoms with E-state index in [-0.39, 0.29) is 18.1 Å². The van der Waals surface area contributed by atoms with Crippen molar-refractivity contribution >= 4 is 29.3 Å². The van der Waals surface area contributed by atoms with Crippen LogP contribution in [0.5, 0.6) is 0 Å². The van der Waals surface area contributed by atoms with Gasteiger partial charge in [0.2, 0.25) is 0 Å². The molecule has 2 aromatic rings. The molecule has 2 rings (SSSR count). The summed E-state index contributed by atoms with van der Waals surface area (Å²) in [6.45, 7) is 0.109. The van der Waals surface area contributed by atoms with E-state index in [2.05, 4.69) is 28.4 Å². The fourth-order valence-electron chi connectivity index (χ4n) is 2.18. The van der Waals surface area contributed by atoms with Crippen LogP contribution in [0.4, 0.5) is 4.79 Å². The van der Waals surface area contributed by atoms with Gasteiger partial charge in [0.25, 0.3) is 5.91 Å². The van der Waals surface area contributed by atoms with Crippen LogP contribution in [0.15, 0.2) is 60.7 Å². The fourth-order valence-corrected chi connectivity index (χ4v) is 2.23. The van der Waals surface area contributed by atoms with Gasteiger partial charge in [0.15, 0.2) is 5.11 Å². The van der Waals surface area contributed by atoms with Crippen molar-refractivity contribution in [1.82, 2.24) is 16.2 Å². The summed E-state index contributed by atoms with van der Waals surface area (Å²) in [5, 5.41) is 2.48. The van der Waals surface area contributed by atoms with Crippen molar-refractivity contribution in [1.29, 1.82) is 0 Å². The molecule has 0 unspecified atom stereocenters. The van der Waals surface area contributed by atoms with E-state index >= 15 is 0 Å². The lowest BCUT2D eigenvalue weighted by molar-refractivity contribution is -0.123. The summed E-state index contributed by atoms with van der Waals surface area (Å²) in [4.78, 5) is 24.4. The summed E-state index contributed by atoms with van der Waals surface area (Å²) in [6.07, 6.45) is -0.410. The van der Waals surface area contributed by atoms with Crippen LogP contribution in [0.25, 0.3) is 0 Å². The van der Waals surface area contributed by atoms with Crippen LogP contribution >= 0.6 is 12.2 Å². The Kier molecular flexibility index (Phi) is 7.38. The topological polar surface area (TPSA) is 105 Å². The molecule has 0 aliphatic rings. The summed E-state index contributed by atoms with van der Waals surface area (Å²) in [7, 11) is 0. The average Bonchev–Trinajstić information content (AvgIpc) is 2.65. The summed E-state index contributed by atoms with van der Waals surface area (Å²) >= 11 is 4.65. The highest BCUT2D eigenvalue weighted by Crippen LogP contribution is 2.05. The molecule has 7 nitrogen and oxygen atoms in total. The zero-order chi connectivity index (χ0) is 18.8. The Balaban J connectivity index is 1.96. The smallest absolute Gasteiger partial charge is 0.408 e. The van der Waals surface area contributed by atoms with Crippen molar-refractivity contribution in [3.05, 3.63) is 71.8 Å². The van der Waals surface area contributed by atoms with Gasteiger partial charge < -0.3 is 15.8 Å². The summed E-state index contributed by atoms with van der Waals surface area (Å²) < 4.78 is 5.17. The van der Waals surface area contributed by atoms with Crippen molar-refractivity contribution in [2.24, 2.45) is 5.73 Å². The number of amides is 2. The lowest BCUT2D eigenvalue weighted by Crippen LogP contribution is -2.54. The molecule has 0 heterocycles. The average molecular weight is 372 g/mol. The number of rotatable bonds is 6. The first-order chi connectivity index (χ1) is 12.5. The normalized spacial score (nSPS) is 11.1. The Labute approximate surface area is 156 Å². The molecule has 0 fully saturated rings. The maximum atomic E-state index is 12.3. The van der Waals surface area contributed by atoms with Crippen molar-refractivity contribution in [2.75, 3.05) is 0 Å². The number of thiocarbonyl (C=S) groups is 1. The van der Waals surface area contributed by atoms with Gasteiger partial charge in [0, 0.05) is 6.42 Å². The summed E-state index contributed by atoms with van der Waals surface area (Å²) in [5.74, 6) is -0.488. The molecular formula is C18H20N4O3S. The fraction of sp³-hybridized carbons (Fsp3) is 0.167. The second kappa shape index (κ2) is 10.00. The van der Waals surface area contributed by atoms with Gasteiger partial charge in [-0.3, -0.25) is 15.6 Å². The number of hydrogen-bond donors (Lipinski definition) is 4. The lowest BCUT2D eigenvalue weighted by atomic mass is 10.1. The molecule has 136 valence electrons. The Hall–Kier alpha value is -3.13. The van der Waals surface area contributed by atoms with Crippen molar-refractivity contribution in [2.45, 2.75) is 19.1 Å². The van der Waals surface area contributed by atoms with Crippen molar-refractivity contribution < 1.29 is 14.3 Å². The molecule has 2 aromatic carbocycles. The van der Waals surface area contributed by atoms with E-state index in [9.17, 15) is 9.59 Å². The quantitative estimate of drug-likeness (QED) is 0.451. The standard InChI is InChI=1S/C18H20N4O3S/c19-17(26)22-21-16(23)15(11-13-7-3-1-4-8-13)20-18(24)25-12-14-9-5-2-6-10-14/h1-10,15H,11-12H2,(H,20,24)(H,21,23)(H3,19,22,26)/t15-/m1/s1. The number of ether oxygens (including phenoxy) is 1. The number of carbonyl (C=O) groups is 2. The number of hydrogen-bond acceptors (Lipinski definition) is 4. The van der Waals surface area contributed by atoms with Gasteiger partial charge in [0.1, 0.15) is 12.6 Å². The third kappa shape index (κ3) is 6.78. The monoisotopic (exact) mass is 372 g/mol. The van der Waals surface area contributed by atoms with E-state index in [4.69, 9.17) is 10.5 Å². The first-order valence-corrected chi connectivity index (χ1v) is 8.32. The van der Waals surface area contributed by atoms with Crippen LogP contribution in [0.3, 0.4) is 0 Å². The van der Waals surface area contributed by atoms with Crippen molar-refractivity contribution in [3.8, 4) is 0 Å². The summed E-state index contributed by atoms with van der Waals surface area (Å²) in [6, 6.07) is 17.7. The van der Waals surface area contributed by atoms with Gasteiger partial charge in [-0.05, 0) is 23.3 Å². The molecule has 0 saturated carbocycles. The molecule has 5 N–H and O–H groups in total. The van der Waals surface area contributed by atoms with Crippen LogP contribution in [0, 0.1) is 0 Å². The molecule has 0 spiro atoms. The zero-order valence-corrected chi connectivity index (χ0v) is 14.8. The first kappa shape index (κ1) is 19.2. The molecule has 26 heavy (non-hydrogen) atoms. The highest BCUT2D eigenvalue weighted by atomic mass is 32.1. The molecule has 1 atom stereocenters. The van der Waals surface area contributed by atoms with Gasteiger partial charge in [-0.2, -0.15) is 0 Å². The number of nitrogens with one attached hydrogen (secondary N) is 3. The molecule has 0 bridgehead atoms. The highest BCUT2D eigenvalue weighted by Gasteiger charge is 2.22. The van der Waals surface area contributed by atoms with E-state index < -0.39 is 18.0 Å². The van der Waals surface area contributed by atoms with Gasteiger partial charge in [-0.25, -0.2) is 4.79 Å². The zero-order valence-electron chi connectivity index (χ0n) is 14.0. The Bertz CT molecular complexity index is 741. The van der Waals surface area contributed by atoms with E-state index in [0.717, 1.165) is 11.1 Å². The second-order valence-corrected chi connectivity index (χ2v) is 5.87. The predicted octanol–water partition coefficient (Wildman–Crippen LogP) is 1.39. The number of carbonyl (C=O) groups excluding carboxylic acids is 2. The van der Waals surface area contributed by atoms with E-state index in [0.29, 0.717) is 0 Å². The van der Waals surface area contributed by atoms with Crippen LogP contribution in [-0.4, -0.2) is 23.2 Å². The third-order valence-corrected chi connectivity index (χ3v) is 3.51. The SMILES string of the molecule is NC(=S)NNC(=O)[C@@H](Cc1ccccc1)NC(=O)OCc1ccccc1. The maximum Gasteiger partial charge on any atom is 0.408 e. The molecule has 0 aromatic heterocycles. The maximum absolute atomic E-state index is 12.3. The van der Waals surface area contributed by atoms with Gasteiger partial charge in [0.05, 0.1) is 0 Å². The van der Waals surface area contributed by atoms with E-state index in [1.807, 2.05) is 60.7 Å². The second-order valence-electron chi connectivity index (χ2n) is 5.43. The molecule has 8 heteroatoms. The number of nitrogens with two attached hydrogens (primary N) is 1. The van der Waals surface area contributed by atoms with Crippen LogP contribution < -0.4 is 21.9 Å². The lowest BCUT2D eigenvalue weighted by Gasteiger charge is -2.18. The number of benzene rings is 2. The van der Waals surface area contributed by atoms with Gasteiger partial charge in [-0.15, -0.1) is 0 Å². The predicted molar refractivity (Wildman–Crippen MR) is 102 cm³/mol. The molecule has 0 saturated heterocycles. The van der Waals surface area contributed by atoms with E-state index in [1.165, 1.54) is 0 Å². The van der Waals surface area contributed by atoms with Crippen molar-refractivity contribution in [3.63, 3.8) is 0 Å². The minimum Gasteiger partial charge on any atom is -0.445 e. The van der Waals surface area contributed by atoms with Gasteiger partial charge >= 0.3 is 6.09 Å². The van der Waals surface area contributed by atoms with Crippen LogP contribution in [-0.2, 0) is 22.6 Å². The third-order valence-electron chi connectivity index (χ3n) is 3.41. The van der Waals surface area contributed by atoms with Crippen LogP contribution in [0.2, 0.25) is 0 Å². The van der Waals surface area contributed by atoms with Gasteiger partial charge in [-0.1, -0.05) is 60.7 Å². The molecule has 0 radical (unpaired) electrons. The Morgan fingerprint density at radius 1 is 0.962 bits per heavy atom. The highest BCUT2D eigenvalue weighted by molar-refractivity contribution is 7.80. The molecular weight excluding hydrogens is 352 g/mol. The summed E-state index contributed by atoms with van der Waals surface area (Å²) in [5.41, 5.74) is 11.7. The number of alkyl carbamates (subject to hydrolysis) is 1. The van der Waals surface area contributed by atoms with Crippen LogP contribution in [0.1, 0.15) is 11.1 Å². The molecule has 2 amide bonds. The molecule has 0 aliphatic carbocycles. The minimum absolute atomic E-state index is 0.0801. The Morgan fingerprint density at radius 3 is 2.12 bits per heavy atom. The first-order valence-electron chi connectivity index (χ1n) is 7.91.